The fourth-order valence-electron chi connectivity index (χ4n) is 3.76. The quantitative estimate of drug-likeness (QED) is 0.265. The van der Waals surface area contributed by atoms with E-state index in [1.54, 1.807) is 41.2 Å². The van der Waals surface area contributed by atoms with Gasteiger partial charge in [0.2, 0.25) is 0 Å². The minimum absolute atomic E-state index is 0.00979. The van der Waals surface area contributed by atoms with Crippen LogP contribution in [0.4, 0.5) is 15.9 Å². The Morgan fingerprint density at radius 1 is 1.22 bits per heavy atom. The molecule has 10 nitrogen and oxygen atoms in total. The lowest BCUT2D eigenvalue weighted by Gasteiger charge is -2.12. The van der Waals surface area contributed by atoms with Gasteiger partial charge < -0.3 is 25.8 Å². The van der Waals surface area contributed by atoms with Gasteiger partial charge in [-0.05, 0) is 48.9 Å². The fourth-order valence-corrected chi connectivity index (χ4v) is 3.76. The maximum absolute atomic E-state index is 14.4. The van der Waals surface area contributed by atoms with Crippen LogP contribution in [0.25, 0.3) is 16.9 Å². The van der Waals surface area contributed by atoms with Crippen LogP contribution in [-0.4, -0.2) is 53.2 Å². The van der Waals surface area contributed by atoms with E-state index >= 15 is 0 Å². The predicted octanol–water partition coefficient (Wildman–Crippen LogP) is 3.19. The van der Waals surface area contributed by atoms with E-state index in [-0.39, 0.29) is 18.3 Å². The number of hydrogen-bond donors (Lipinski definition) is 3. The summed E-state index contributed by atoms with van der Waals surface area (Å²) in [5.41, 5.74) is 9.24. The molecule has 37 heavy (non-hydrogen) atoms. The van der Waals surface area contributed by atoms with E-state index in [2.05, 4.69) is 20.6 Å². The Balaban J connectivity index is 1.50. The number of aryl methyl sites for hydroxylation is 1. The molecule has 190 valence electrons. The third kappa shape index (κ3) is 6.00. The van der Waals surface area contributed by atoms with E-state index in [1.807, 2.05) is 19.1 Å². The number of carbonyl (C=O) groups is 1. The van der Waals surface area contributed by atoms with Gasteiger partial charge in [-0.15, -0.1) is 0 Å². The van der Waals surface area contributed by atoms with Crippen molar-refractivity contribution in [2.75, 3.05) is 38.2 Å². The monoisotopic (exact) mass is 503 g/mol. The van der Waals surface area contributed by atoms with E-state index in [9.17, 15) is 9.18 Å². The highest BCUT2D eigenvalue weighted by atomic mass is 19.1. The van der Waals surface area contributed by atoms with Gasteiger partial charge in [0.25, 0.3) is 5.91 Å². The molecule has 0 aliphatic heterocycles. The first-order valence-electron chi connectivity index (χ1n) is 11.6. The minimum atomic E-state index is -0.571. The molecule has 0 saturated carbocycles. The lowest BCUT2D eigenvalue weighted by molar-refractivity contribution is 0.0919. The van der Waals surface area contributed by atoms with Gasteiger partial charge in [-0.25, -0.2) is 14.4 Å². The highest BCUT2D eigenvalue weighted by Crippen LogP contribution is 2.29. The summed E-state index contributed by atoms with van der Waals surface area (Å²) in [7, 11) is 0. The maximum Gasteiger partial charge on any atom is 0.251 e. The summed E-state index contributed by atoms with van der Waals surface area (Å²) in [6, 6.07) is 11.7. The van der Waals surface area contributed by atoms with E-state index in [4.69, 9.17) is 20.5 Å². The number of ether oxygens (including phenoxy) is 2. The van der Waals surface area contributed by atoms with Gasteiger partial charge in [-0.2, -0.15) is 5.26 Å². The third-order valence-electron chi connectivity index (χ3n) is 5.48. The summed E-state index contributed by atoms with van der Waals surface area (Å²) in [4.78, 5) is 21.4. The average Bonchev–Trinajstić information content (AvgIpc) is 3.33. The summed E-state index contributed by atoms with van der Waals surface area (Å²) < 4.78 is 26.6. The molecule has 0 aliphatic carbocycles. The lowest BCUT2D eigenvalue weighted by Crippen LogP contribution is -2.28. The zero-order valence-electron chi connectivity index (χ0n) is 20.2. The molecule has 4 aromatic rings. The second-order valence-corrected chi connectivity index (χ2v) is 8.02. The molecule has 0 saturated heterocycles. The predicted molar refractivity (Wildman–Crippen MR) is 136 cm³/mol. The molecule has 4 rings (SSSR count). The highest BCUT2D eigenvalue weighted by molar-refractivity contribution is 5.96. The van der Waals surface area contributed by atoms with Crippen molar-refractivity contribution in [2.45, 2.75) is 6.92 Å². The Morgan fingerprint density at radius 3 is 2.84 bits per heavy atom. The second kappa shape index (κ2) is 11.9. The summed E-state index contributed by atoms with van der Waals surface area (Å²) >= 11 is 0. The van der Waals surface area contributed by atoms with Crippen LogP contribution in [0.1, 0.15) is 15.9 Å². The van der Waals surface area contributed by atoms with Crippen LogP contribution in [0.5, 0.6) is 5.75 Å². The van der Waals surface area contributed by atoms with Crippen molar-refractivity contribution in [3.63, 3.8) is 0 Å². The number of nitrogens with one attached hydrogen (secondary N) is 2. The minimum Gasteiger partial charge on any atom is -0.476 e. The summed E-state index contributed by atoms with van der Waals surface area (Å²) in [6.07, 6.45) is 4.97. The molecule has 11 heteroatoms. The zero-order valence-corrected chi connectivity index (χ0v) is 20.2. The molecule has 0 atom stereocenters. The largest absolute Gasteiger partial charge is 0.476 e. The standard InChI is InChI=1S/C26H26FN7O3/c1-17-14-19(3-4-20(17)26(35)31-9-13-36-11-6-28)33-24-25-32-16-22(34(25)10-8-30-24)18-2-5-23(21(27)15-18)37-12-7-29/h2-5,8,10,14-16H,6,9,11-13,28H2,1H3,(H,30,33)(H,31,35). The molecular formula is C26H26FN7O3. The van der Waals surface area contributed by atoms with Crippen molar-refractivity contribution in [2.24, 2.45) is 5.73 Å². The molecule has 2 aromatic carbocycles. The molecule has 4 N–H and O–H groups in total. The Hall–Kier alpha value is -4.53. The molecule has 0 radical (unpaired) electrons. The van der Waals surface area contributed by atoms with E-state index < -0.39 is 5.82 Å². The summed E-state index contributed by atoms with van der Waals surface area (Å²) in [5.74, 6) is -0.250. The number of halogens is 1. The molecule has 0 aliphatic rings. The van der Waals surface area contributed by atoms with Gasteiger partial charge in [0.15, 0.2) is 29.6 Å². The number of benzene rings is 2. The van der Waals surface area contributed by atoms with Crippen molar-refractivity contribution >= 4 is 23.1 Å². The molecule has 1 amide bonds. The van der Waals surface area contributed by atoms with Crippen molar-refractivity contribution < 1.29 is 18.7 Å². The Kier molecular flexibility index (Phi) is 8.25. The van der Waals surface area contributed by atoms with Crippen LogP contribution in [0, 0.1) is 24.1 Å². The lowest BCUT2D eigenvalue weighted by atomic mass is 10.1. The Morgan fingerprint density at radius 2 is 2.08 bits per heavy atom. The first-order valence-corrected chi connectivity index (χ1v) is 11.6. The number of hydrogen-bond acceptors (Lipinski definition) is 8. The van der Waals surface area contributed by atoms with Crippen molar-refractivity contribution in [3.8, 4) is 23.1 Å². The number of nitriles is 1. The SMILES string of the molecule is Cc1cc(Nc2nccn3c(-c4ccc(OCC#N)c(F)c4)cnc23)ccc1C(=O)NCCOCCN. The van der Waals surface area contributed by atoms with Gasteiger partial charge in [0, 0.05) is 42.3 Å². The number of imidazole rings is 1. The number of carbonyl (C=O) groups excluding carboxylic acids is 1. The van der Waals surface area contributed by atoms with E-state index in [0.29, 0.717) is 54.6 Å². The molecular weight excluding hydrogens is 477 g/mol. The van der Waals surface area contributed by atoms with Gasteiger partial charge in [-0.1, -0.05) is 0 Å². The molecule has 2 heterocycles. The first-order chi connectivity index (χ1) is 18.0. The molecule has 0 spiro atoms. The molecule has 2 aromatic heterocycles. The second-order valence-electron chi connectivity index (χ2n) is 8.02. The highest BCUT2D eigenvalue weighted by Gasteiger charge is 2.14. The zero-order chi connectivity index (χ0) is 26.2. The molecule has 0 unspecified atom stereocenters. The van der Waals surface area contributed by atoms with Crippen LogP contribution >= 0.6 is 0 Å². The topological polar surface area (TPSA) is 140 Å². The fraction of sp³-hybridized carbons (Fsp3) is 0.231. The van der Waals surface area contributed by atoms with Crippen LogP contribution in [0.2, 0.25) is 0 Å². The first kappa shape index (κ1) is 25.6. The van der Waals surface area contributed by atoms with Gasteiger partial charge in [0.05, 0.1) is 25.1 Å². The molecule has 0 fully saturated rings. The number of aromatic nitrogens is 3. The Labute approximate surface area is 212 Å². The van der Waals surface area contributed by atoms with Crippen molar-refractivity contribution in [3.05, 3.63) is 71.9 Å². The number of rotatable bonds is 11. The van der Waals surface area contributed by atoms with Crippen LogP contribution in [-0.2, 0) is 4.74 Å². The number of anilines is 2. The van der Waals surface area contributed by atoms with Gasteiger partial charge in [-0.3, -0.25) is 9.20 Å². The van der Waals surface area contributed by atoms with Crippen LogP contribution in [0.15, 0.2) is 55.0 Å². The van der Waals surface area contributed by atoms with E-state index in [1.165, 1.54) is 12.1 Å². The summed E-state index contributed by atoms with van der Waals surface area (Å²) in [6.45, 7) is 3.30. The van der Waals surface area contributed by atoms with Crippen molar-refractivity contribution in [1.82, 2.24) is 19.7 Å². The number of fused-ring (bicyclic) bond motifs is 1. The van der Waals surface area contributed by atoms with Gasteiger partial charge >= 0.3 is 0 Å². The Bertz CT molecular complexity index is 1450. The van der Waals surface area contributed by atoms with Crippen LogP contribution < -0.4 is 21.1 Å². The van der Waals surface area contributed by atoms with Crippen LogP contribution in [0.3, 0.4) is 0 Å². The number of amides is 1. The smallest absolute Gasteiger partial charge is 0.251 e. The normalized spacial score (nSPS) is 10.8. The van der Waals surface area contributed by atoms with Crippen molar-refractivity contribution in [1.29, 1.82) is 5.26 Å². The maximum atomic E-state index is 14.4. The molecule has 0 bridgehead atoms. The van der Waals surface area contributed by atoms with Gasteiger partial charge in [0.1, 0.15) is 6.07 Å². The van der Waals surface area contributed by atoms with E-state index in [0.717, 1.165) is 11.3 Å². The number of nitrogens with two attached hydrogens (primary N) is 1. The number of nitrogens with zero attached hydrogens (tertiary/aromatic N) is 4. The average molecular weight is 504 g/mol. The third-order valence-corrected chi connectivity index (χ3v) is 5.48. The summed E-state index contributed by atoms with van der Waals surface area (Å²) in [5, 5.41) is 14.7.